The van der Waals surface area contributed by atoms with Gasteiger partial charge in [0, 0.05) is 50.0 Å². The summed E-state index contributed by atoms with van der Waals surface area (Å²) in [5.74, 6) is 1.51. The van der Waals surface area contributed by atoms with Crippen LogP contribution in [0.3, 0.4) is 0 Å². The first-order valence-corrected chi connectivity index (χ1v) is 9.03. The molecule has 1 aliphatic heterocycles. The van der Waals surface area contributed by atoms with Crippen LogP contribution in [0.25, 0.3) is 0 Å². The van der Waals surface area contributed by atoms with Gasteiger partial charge in [-0.15, -0.1) is 24.0 Å². The Labute approximate surface area is 182 Å². The number of aliphatic imine (C=N–C) groups is 1. The molecule has 0 amide bonds. The van der Waals surface area contributed by atoms with Crippen LogP contribution in [0.5, 0.6) is 5.88 Å². The van der Waals surface area contributed by atoms with E-state index in [1.165, 1.54) is 5.69 Å². The lowest BCUT2D eigenvalue weighted by molar-refractivity contribution is 0.371. The Hall–Kier alpha value is -1.74. The monoisotopic (exact) mass is 501 g/mol. The third kappa shape index (κ3) is 5.87. The number of guanidine groups is 1. The summed E-state index contributed by atoms with van der Waals surface area (Å²) in [6.07, 6.45) is 0. The van der Waals surface area contributed by atoms with Gasteiger partial charge in [0.1, 0.15) is 0 Å². The van der Waals surface area contributed by atoms with E-state index in [2.05, 4.69) is 31.2 Å². The summed E-state index contributed by atoms with van der Waals surface area (Å²) in [6, 6.07) is 13.8. The molecular formula is C19H25ClIN5O. The topological polar surface area (TPSA) is 53.0 Å². The van der Waals surface area contributed by atoms with E-state index in [-0.39, 0.29) is 24.0 Å². The molecule has 6 nitrogen and oxygen atoms in total. The molecule has 0 bridgehead atoms. The predicted octanol–water partition coefficient (Wildman–Crippen LogP) is 3.26. The number of methoxy groups -OCH3 is 1. The average Bonchev–Trinajstić information content (AvgIpc) is 2.69. The summed E-state index contributed by atoms with van der Waals surface area (Å²) in [4.78, 5) is 13.4. The number of hydrogen-bond donors (Lipinski definition) is 1. The fraction of sp³-hybridized carbons (Fsp3) is 0.368. The van der Waals surface area contributed by atoms with Crippen LogP contribution in [0.15, 0.2) is 47.5 Å². The number of benzene rings is 1. The van der Waals surface area contributed by atoms with Crippen molar-refractivity contribution in [1.29, 1.82) is 0 Å². The van der Waals surface area contributed by atoms with E-state index in [0.29, 0.717) is 12.4 Å². The van der Waals surface area contributed by atoms with E-state index < -0.39 is 0 Å². The number of rotatable bonds is 4. The number of aromatic nitrogens is 1. The molecule has 0 atom stereocenters. The number of hydrogen-bond acceptors (Lipinski definition) is 4. The zero-order valence-corrected chi connectivity index (χ0v) is 18.6. The molecular weight excluding hydrogens is 477 g/mol. The molecule has 0 aliphatic carbocycles. The van der Waals surface area contributed by atoms with E-state index in [1.807, 2.05) is 43.4 Å². The first kappa shape index (κ1) is 21.6. The summed E-state index contributed by atoms with van der Waals surface area (Å²) < 4.78 is 5.17. The third-order valence-electron chi connectivity index (χ3n) is 4.38. The molecule has 0 saturated carbocycles. The highest BCUT2D eigenvalue weighted by atomic mass is 127. The molecule has 3 rings (SSSR count). The van der Waals surface area contributed by atoms with Gasteiger partial charge in [0.25, 0.3) is 0 Å². The summed E-state index contributed by atoms with van der Waals surface area (Å²) in [6.45, 7) is 4.27. The van der Waals surface area contributed by atoms with Crippen molar-refractivity contribution in [2.75, 3.05) is 45.2 Å². The summed E-state index contributed by atoms with van der Waals surface area (Å²) in [5, 5.41) is 4.16. The summed E-state index contributed by atoms with van der Waals surface area (Å²) in [7, 11) is 3.43. The van der Waals surface area contributed by atoms with Gasteiger partial charge in [-0.1, -0.05) is 23.7 Å². The molecule has 1 aliphatic rings. The second-order valence-electron chi connectivity index (χ2n) is 6.03. The number of piperazine rings is 1. The van der Waals surface area contributed by atoms with Crippen LogP contribution in [0.2, 0.25) is 5.02 Å². The van der Waals surface area contributed by atoms with Crippen LogP contribution in [-0.4, -0.2) is 56.2 Å². The Morgan fingerprint density at radius 2 is 1.93 bits per heavy atom. The van der Waals surface area contributed by atoms with Gasteiger partial charge in [0.05, 0.1) is 19.3 Å². The summed E-state index contributed by atoms with van der Waals surface area (Å²) >= 11 is 6.11. The maximum Gasteiger partial charge on any atom is 0.213 e. The van der Waals surface area contributed by atoms with E-state index in [4.69, 9.17) is 16.3 Å². The van der Waals surface area contributed by atoms with Gasteiger partial charge in [0.15, 0.2) is 5.96 Å². The van der Waals surface area contributed by atoms with Gasteiger partial charge in [0.2, 0.25) is 5.88 Å². The molecule has 1 aromatic carbocycles. The van der Waals surface area contributed by atoms with Crippen LogP contribution >= 0.6 is 35.6 Å². The molecule has 1 aromatic heterocycles. The molecule has 2 heterocycles. The zero-order valence-electron chi connectivity index (χ0n) is 15.6. The van der Waals surface area contributed by atoms with Crippen molar-refractivity contribution in [2.24, 2.45) is 4.99 Å². The number of nitrogens with zero attached hydrogens (tertiary/aromatic N) is 4. The highest BCUT2D eigenvalue weighted by Crippen LogP contribution is 2.20. The third-order valence-corrected chi connectivity index (χ3v) is 4.62. The second-order valence-corrected chi connectivity index (χ2v) is 6.46. The van der Waals surface area contributed by atoms with Crippen molar-refractivity contribution in [1.82, 2.24) is 15.2 Å². The van der Waals surface area contributed by atoms with Crippen LogP contribution < -0.4 is 15.0 Å². The Morgan fingerprint density at radius 3 is 2.59 bits per heavy atom. The lowest BCUT2D eigenvalue weighted by Gasteiger charge is -2.37. The number of anilines is 1. The minimum atomic E-state index is 0. The molecule has 1 N–H and O–H groups in total. The number of nitrogens with one attached hydrogen (secondary N) is 1. The van der Waals surface area contributed by atoms with E-state index in [9.17, 15) is 0 Å². The van der Waals surface area contributed by atoms with E-state index in [0.717, 1.165) is 42.9 Å². The van der Waals surface area contributed by atoms with Crippen molar-refractivity contribution < 1.29 is 4.74 Å². The highest BCUT2D eigenvalue weighted by Gasteiger charge is 2.20. The van der Waals surface area contributed by atoms with Gasteiger partial charge < -0.3 is 19.9 Å². The molecule has 0 radical (unpaired) electrons. The van der Waals surface area contributed by atoms with Crippen LogP contribution in [0.4, 0.5) is 5.69 Å². The van der Waals surface area contributed by atoms with Crippen molar-refractivity contribution in [3.05, 3.63) is 53.2 Å². The predicted molar refractivity (Wildman–Crippen MR) is 122 cm³/mol. The fourth-order valence-corrected chi connectivity index (χ4v) is 3.21. The number of pyridine rings is 1. The molecule has 0 spiro atoms. The maximum absolute atomic E-state index is 6.11. The molecule has 0 unspecified atom stereocenters. The lowest BCUT2D eigenvalue weighted by atomic mass is 10.2. The van der Waals surface area contributed by atoms with Gasteiger partial charge in [-0.3, -0.25) is 4.99 Å². The first-order valence-electron chi connectivity index (χ1n) is 8.65. The van der Waals surface area contributed by atoms with Gasteiger partial charge in [-0.05, 0) is 24.3 Å². The average molecular weight is 502 g/mol. The lowest BCUT2D eigenvalue weighted by Crippen LogP contribution is -2.52. The molecule has 27 heavy (non-hydrogen) atoms. The zero-order chi connectivity index (χ0) is 18.4. The van der Waals surface area contributed by atoms with Crippen LogP contribution in [-0.2, 0) is 6.54 Å². The van der Waals surface area contributed by atoms with Crippen molar-refractivity contribution in [2.45, 2.75) is 6.54 Å². The van der Waals surface area contributed by atoms with E-state index >= 15 is 0 Å². The molecule has 8 heteroatoms. The molecule has 1 saturated heterocycles. The van der Waals surface area contributed by atoms with Crippen molar-refractivity contribution in [3.63, 3.8) is 0 Å². The summed E-state index contributed by atoms with van der Waals surface area (Å²) in [5.41, 5.74) is 2.09. The van der Waals surface area contributed by atoms with E-state index in [1.54, 1.807) is 7.11 Å². The minimum absolute atomic E-state index is 0. The molecule has 2 aromatic rings. The Balaban J connectivity index is 0.00000261. The maximum atomic E-state index is 6.11. The SMILES string of the molecule is CN=C(NCc1cccc(OC)n1)N1CCN(c2cccc(Cl)c2)CC1.I. The smallest absolute Gasteiger partial charge is 0.213 e. The quantitative estimate of drug-likeness (QED) is 0.396. The minimum Gasteiger partial charge on any atom is -0.481 e. The largest absolute Gasteiger partial charge is 0.481 e. The van der Waals surface area contributed by atoms with Crippen LogP contribution in [0, 0.1) is 0 Å². The van der Waals surface area contributed by atoms with Gasteiger partial charge >= 0.3 is 0 Å². The molecule has 1 fully saturated rings. The Bertz CT molecular complexity index is 765. The van der Waals surface area contributed by atoms with Gasteiger partial charge in [-0.25, -0.2) is 4.98 Å². The van der Waals surface area contributed by atoms with Crippen molar-refractivity contribution >= 4 is 47.2 Å². The number of ether oxygens (including phenoxy) is 1. The van der Waals surface area contributed by atoms with Crippen molar-refractivity contribution in [3.8, 4) is 5.88 Å². The van der Waals surface area contributed by atoms with Gasteiger partial charge in [-0.2, -0.15) is 0 Å². The normalized spacial score (nSPS) is 14.6. The second kappa shape index (κ2) is 10.6. The molecule has 146 valence electrons. The fourth-order valence-electron chi connectivity index (χ4n) is 3.02. The van der Waals surface area contributed by atoms with Crippen LogP contribution in [0.1, 0.15) is 5.69 Å². The standard InChI is InChI=1S/C19H24ClN5O.HI/c1-21-19(22-14-16-6-4-8-18(23-16)26-2)25-11-9-24(10-12-25)17-7-3-5-15(20)13-17;/h3-8,13H,9-12,14H2,1-2H3,(H,21,22);1H. The Kier molecular flexibility index (Phi) is 8.43. The highest BCUT2D eigenvalue weighted by molar-refractivity contribution is 14.0. The first-order chi connectivity index (χ1) is 12.7. The Morgan fingerprint density at radius 1 is 1.19 bits per heavy atom. The number of halogens is 2.